The van der Waals surface area contributed by atoms with Crippen LogP contribution in [0.15, 0.2) is 192 Å². The monoisotopic (exact) mass is 637 g/mol. The van der Waals surface area contributed by atoms with Gasteiger partial charge in [-0.25, -0.2) is 0 Å². The maximum atomic E-state index is 6.28. The number of hydrogen-bond acceptors (Lipinski definition) is 1. The molecule has 0 bridgehead atoms. The Hall–Kier alpha value is -6.64. The van der Waals surface area contributed by atoms with Crippen molar-refractivity contribution in [3.8, 4) is 50.2 Å². The van der Waals surface area contributed by atoms with Crippen molar-refractivity contribution >= 4 is 43.7 Å². The largest absolute Gasteiger partial charge is 0.456 e. The van der Waals surface area contributed by atoms with Crippen LogP contribution in [-0.4, -0.2) is 4.57 Å². The zero-order chi connectivity index (χ0) is 33.0. The topological polar surface area (TPSA) is 18.1 Å². The van der Waals surface area contributed by atoms with Crippen molar-refractivity contribution in [2.75, 3.05) is 0 Å². The molecule has 0 saturated heterocycles. The summed E-state index contributed by atoms with van der Waals surface area (Å²) in [4.78, 5) is 0. The van der Waals surface area contributed by atoms with Gasteiger partial charge < -0.3 is 8.98 Å². The number of para-hydroxylation sites is 1. The number of fused-ring (bicyclic) bond motifs is 6. The summed E-state index contributed by atoms with van der Waals surface area (Å²) in [5, 5.41) is 4.73. The zero-order valence-electron chi connectivity index (χ0n) is 27.3. The van der Waals surface area contributed by atoms with Crippen molar-refractivity contribution in [1.29, 1.82) is 0 Å². The van der Waals surface area contributed by atoms with Crippen molar-refractivity contribution in [2.24, 2.45) is 0 Å². The molecule has 0 aliphatic rings. The number of hydrogen-bond donors (Lipinski definition) is 0. The lowest BCUT2D eigenvalue weighted by Crippen LogP contribution is -1.94. The Morgan fingerprint density at radius 3 is 1.58 bits per heavy atom. The van der Waals surface area contributed by atoms with Gasteiger partial charge in [0, 0.05) is 27.2 Å². The summed E-state index contributed by atoms with van der Waals surface area (Å²) in [7, 11) is 0. The van der Waals surface area contributed by atoms with Crippen LogP contribution in [0.5, 0.6) is 0 Å². The van der Waals surface area contributed by atoms with E-state index in [2.05, 4.69) is 180 Å². The van der Waals surface area contributed by atoms with E-state index >= 15 is 0 Å². The van der Waals surface area contributed by atoms with Gasteiger partial charge >= 0.3 is 0 Å². The van der Waals surface area contributed by atoms with Gasteiger partial charge in [-0.15, -0.1) is 0 Å². The first-order chi connectivity index (χ1) is 24.8. The van der Waals surface area contributed by atoms with E-state index in [4.69, 9.17) is 4.42 Å². The highest BCUT2D eigenvalue weighted by Crippen LogP contribution is 2.41. The highest BCUT2D eigenvalue weighted by molar-refractivity contribution is 6.15. The van der Waals surface area contributed by atoms with E-state index in [1.54, 1.807) is 0 Å². The summed E-state index contributed by atoms with van der Waals surface area (Å²) in [5.74, 6) is 0. The minimum Gasteiger partial charge on any atom is -0.456 e. The molecule has 50 heavy (non-hydrogen) atoms. The summed E-state index contributed by atoms with van der Waals surface area (Å²) in [6.07, 6.45) is 0. The molecule has 0 radical (unpaired) electrons. The minimum absolute atomic E-state index is 0.907. The van der Waals surface area contributed by atoms with Crippen LogP contribution in [0.4, 0.5) is 0 Å². The molecular weight excluding hydrogens is 607 g/mol. The fourth-order valence-electron chi connectivity index (χ4n) is 7.63. The predicted octanol–water partition coefficient (Wildman–Crippen LogP) is 13.4. The van der Waals surface area contributed by atoms with Crippen molar-refractivity contribution in [3.05, 3.63) is 188 Å². The third kappa shape index (κ3) is 4.65. The van der Waals surface area contributed by atoms with Crippen molar-refractivity contribution in [3.63, 3.8) is 0 Å². The molecule has 10 rings (SSSR count). The minimum atomic E-state index is 0.907. The summed E-state index contributed by atoms with van der Waals surface area (Å²) in [6, 6.07) is 67.5. The summed E-state index contributed by atoms with van der Waals surface area (Å²) in [6.45, 7) is 0. The van der Waals surface area contributed by atoms with Crippen LogP contribution in [0, 0.1) is 0 Å². The molecule has 8 aromatic carbocycles. The fourth-order valence-corrected chi connectivity index (χ4v) is 7.63. The molecular formula is C48H31NO. The van der Waals surface area contributed by atoms with Crippen LogP contribution < -0.4 is 0 Å². The average molecular weight is 638 g/mol. The fraction of sp³-hybridized carbons (Fsp3) is 0. The van der Waals surface area contributed by atoms with E-state index in [0.29, 0.717) is 0 Å². The van der Waals surface area contributed by atoms with Crippen LogP contribution in [0.2, 0.25) is 0 Å². The normalized spacial score (nSPS) is 11.6. The molecule has 0 aliphatic heterocycles. The first-order valence-electron chi connectivity index (χ1n) is 17.1. The third-order valence-electron chi connectivity index (χ3n) is 9.99. The maximum Gasteiger partial charge on any atom is 0.136 e. The first kappa shape index (κ1) is 28.4. The van der Waals surface area contributed by atoms with E-state index in [-0.39, 0.29) is 0 Å². The second kappa shape index (κ2) is 11.5. The van der Waals surface area contributed by atoms with Gasteiger partial charge in [-0.1, -0.05) is 133 Å². The molecule has 234 valence electrons. The Balaban J connectivity index is 1.21. The molecule has 2 aromatic heterocycles. The molecule has 0 N–H and O–H groups in total. The second-order valence-corrected chi connectivity index (χ2v) is 12.9. The van der Waals surface area contributed by atoms with Crippen LogP contribution in [0.25, 0.3) is 93.9 Å². The Morgan fingerprint density at radius 1 is 0.320 bits per heavy atom. The zero-order valence-corrected chi connectivity index (χ0v) is 27.3. The van der Waals surface area contributed by atoms with E-state index in [9.17, 15) is 0 Å². The summed E-state index contributed by atoms with van der Waals surface area (Å²) >= 11 is 0. The quantitative estimate of drug-likeness (QED) is 0.184. The lowest BCUT2D eigenvalue weighted by atomic mass is 9.96. The molecule has 0 atom stereocenters. The van der Waals surface area contributed by atoms with E-state index in [1.165, 1.54) is 66.3 Å². The van der Waals surface area contributed by atoms with Crippen LogP contribution in [-0.2, 0) is 0 Å². The van der Waals surface area contributed by atoms with Gasteiger partial charge in [0.1, 0.15) is 11.2 Å². The molecule has 0 fully saturated rings. The van der Waals surface area contributed by atoms with Crippen LogP contribution >= 0.6 is 0 Å². The Kier molecular flexibility index (Phi) is 6.53. The standard InChI is InChI=1S/C48H31NO/c1-3-12-32(13-4-1)34-16-9-17-35(28-34)37-24-26-44-42(30-37)43-31-38(40-21-11-23-47-48(40)41-20-7-8-22-46(41)50-47)25-27-45(43)49(44)39-19-10-18-36(29-39)33-14-5-2-6-15-33/h1-31H. The summed E-state index contributed by atoms with van der Waals surface area (Å²) in [5.41, 5.74) is 14.9. The maximum absolute atomic E-state index is 6.28. The Labute approximate surface area is 290 Å². The van der Waals surface area contributed by atoms with E-state index in [1.807, 2.05) is 12.1 Å². The van der Waals surface area contributed by atoms with E-state index < -0.39 is 0 Å². The molecule has 2 nitrogen and oxygen atoms in total. The Morgan fingerprint density at radius 2 is 0.840 bits per heavy atom. The smallest absolute Gasteiger partial charge is 0.136 e. The molecule has 10 aromatic rings. The molecule has 2 heteroatoms. The number of aromatic nitrogens is 1. The predicted molar refractivity (Wildman–Crippen MR) is 210 cm³/mol. The third-order valence-corrected chi connectivity index (χ3v) is 9.99. The number of benzene rings is 8. The summed E-state index contributed by atoms with van der Waals surface area (Å²) < 4.78 is 8.70. The highest BCUT2D eigenvalue weighted by Gasteiger charge is 2.18. The van der Waals surface area contributed by atoms with Gasteiger partial charge in [0.05, 0.1) is 11.0 Å². The van der Waals surface area contributed by atoms with Crippen molar-refractivity contribution in [2.45, 2.75) is 0 Å². The molecule has 0 spiro atoms. The van der Waals surface area contributed by atoms with Crippen molar-refractivity contribution < 1.29 is 4.42 Å². The number of nitrogens with zero attached hydrogens (tertiary/aromatic N) is 1. The van der Waals surface area contributed by atoms with Crippen LogP contribution in [0.1, 0.15) is 0 Å². The second-order valence-electron chi connectivity index (χ2n) is 12.9. The molecule has 0 unspecified atom stereocenters. The van der Waals surface area contributed by atoms with Gasteiger partial charge in [0.2, 0.25) is 0 Å². The van der Waals surface area contributed by atoms with Gasteiger partial charge in [-0.2, -0.15) is 0 Å². The van der Waals surface area contributed by atoms with E-state index in [0.717, 1.165) is 27.6 Å². The number of rotatable bonds is 5. The first-order valence-corrected chi connectivity index (χ1v) is 17.1. The van der Waals surface area contributed by atoms with Gasteiger partial charge in [-0.05, 0) is 99.1 Å². The molecule has 0 aliphatic carbocycles. The molecule has 0 saturated carbocycles. The van der Waals surface area contributed by atoms with Gasteiger partial charge in [0.25, 0.3) is 0 Å². The lowest BCUT2D eigenvalue weighted by Gasteiger charge is -2.11. The molecule has 2 heterocycles. The molecule has 0 amide bonds. The van der Waals surface area contributed by atoms with Crippen LogP contribution in [0.3, 0.4) is 0 Å². The average Bonchev–Trinajstić information content (AvgIpc) is 3.74. The SMILES string of the molecule is c1ccc(-c2cccc(-c3ccc4c(c3)c3cc(-c5cccc6oc7ccccc7c56)ccc3n4-c3cccc(-c4ccccc4)c3)c2)cc1. The van der Waals surface area contributed by atoms with Gasteiger partial charge in [0.15, 0.2) is 0 Å². The Bertz CT molecular complexity index is 2860. The highest BCUT2D eigenvalue weighted by atomic mass is 16.3. The van der Waals surface area contributed by atoms with Crippen molar-refractivity contribution in [1.82, 2.24) is 4.57 Å². The van der Waals surface area contributed by atoms with Gasteiger partial charge in [-0.3, -0.25) is 0 Å². The number of furan rings is 1. The lowest BCUT2D eigenvalue weighted by molar-refractivity contribution is 0.669.